The molecule has 0 unspecified atom stereocenters. The number of amides is 2. The van der Waals surface area contributed by atoms with Gasteiger partial charge in [0.25, 0.3) is 5.91 Å². The van der Waals surface area contributed by atoms with Gasteiger partial charge < -0.3 is 25.0 Å². The third kappa shape index (κ3) is 5.08. The van der Waals surface area contributed by atoms with E-state index in [1.807, 2.05) is 6.08 Å². The van der Waals surface area contributed by atoms with Crippen LogP contribution in [0.1, 0.15) is 28.8 Å². The van der Waals surface area contributed by atoms with Crippen LogP contribution in [0, 0.1) is 18.8 Å². The summed E-state index contributed by atoms with van der Waals surface area (Å²) in [5, 5.41) is 14.3. The minimum atomic E-state index is -1.23. The molecule has 2 aromatic rings. The Morgan fingerprint density at radius 3 is 2.18 bits per heavy atom. The van der Waals surface area contributed by atoms with Gasteiger partial charge in [-0.1, -0.05) is 42.0 Å². The van der Waals surface area contributed by atoms with Gasteiger partial charge in [0.1, 0.15) is 0 Å². The maximum absolute atomic E-state index is 13.3. The summed E-state index contributed by atoms with van der Waals surface area (Å²) in [4.78, 5) is 41.7. The lowest BCUT2D eigenvalue weighted by atomic mass is 9.82. The maximum Gasteiger partial charge on any atom is 0.256 e. The molecule has 4 rings (SSSR count). The molecule has 1 aliphatic heterocycles. The molecule has 1 aliphatic carbocycles. The number of nitrogens with zero attached hydrogens (tertiary/aromatic N) is 2. The number of aryl methyl sites for hydroxylation is 1. The van der Waals surface area contributed by atoms with E-state index in [1.165, 1.54) is 5.56 Å². The number of allylic oxidation sites excluding steroid dienone is 2. The van der Waals surface area contributed by atoms with Crippen molar-refractivity contribution >= 4 is 29.2 Å². The molecule has 33 heavy (non-hydrogen) atoms. The molecule has 1 N–H and O–H groups in total. The zero-order valence-electron chi connectivity index (χ0n) is 18.7. The Labute approximate surface area is 193 Å². The molecular formula is C26H28N3O4-. The first-order chi connectivity index (χ1) is 15.9. The molecule has 0 spiro atoms. The van der Waals surface area contributed by atoms with Gasteiger partial charge in [0.05, 0.1) is 17.2 Å². The highest BCUT2D eigenvalue weighted by molar-refractivity contribution is 6.04. The molecule has 2 aliphatic rings. The summed E-state index contributed by atoms with van der Waals surface area (Å²) in [6, 6.07) is 15.2. The lowest BCUT2D eigenvalue weighted by Crippen LogP contribution is -2.49. The van der Waals surface area contributed by atoms with Crippen LogP contribution >= 0.6 is 0 Å². The highest BCUT2D eigenvalue weighted by Gasteiger charge is 2.31. The van der Waals surface area contributed by atoms with Crippen molar-refractivity contribution in [1.29, 1.82) is 0 Å². The molecule has 1 saturated heterocycles. The normalized spacial score (nSPS) is 20.4. The molecule has 1 heterocycles. The molecule has 2 amide bonds. The predicted octanol–water partition coefficient (Wildman–Crippen LogP) is 2.23. The van der Waals surface area contributed by atoms with Gasteiger partial charge in [0, 0.05) is 43.8 Å². The number of carbonyl (C=O) groups is 3. The van der Waals surface area contributed by atoms with E-state index in [9.17, 15) is 19.5 Å². The number of aliphatic carboxylic acids is 1. The molecule has 1 fully saturated rings. The van der Waals surface area contributed by atoms with Crippen molar-refractivity contribution in [3.63, 3.8) is 0 Å². The number of carbonyl (C=O) groups excluding carboxylic acids is 3. The van der Waals surface area contributed by atoms with Crippen LogP contribution in [0.5, 0.6) is 0 Å². The first kappa shape index (κ1) is 22.6. The van der Waals surface area contributed by atoms with Crippen LogP contribution in [0.2, 0.25) is 0 Å². The summed E-state index contributed by atoms with van der Waals surface area (Å²) in [5.41, 5.74) is 3.16. The van der Waals surface area contributed by atoms with Gasteiger partial charge in [0.2, 0.25) is 5.91 Å². The second-order valence-corrected chi connectivity index (χ2v) is 8.62. The zero-order valence-corrected chi connectivity index (χ0v) is 18.7. The van der Waals surface area contributed by atoms with Crippen molar-refractivity contribution in [1.82, 2.24) is 4.90 Å². The lowest BCUT2D eigenvalue weighted by molar-refractivity contribution is -0.313. The largest absolute Gasteiger partial charge is 0.550 e. The number of carboxylic acid groups (broad SMARTS) is 1. The third-order valence-electron chi connectivity index (χ3n) is 6.45. The minimum absolute atomic E-state index is 0.144. The van der Waals surface area contributed by atoms with Crippen LogP contribution in [-0.4, -0.2) is 48.9 Å². The van der Waals surface area contributed by atoms with Crippen LogP contribution in [0.25, 0.3) is 0 Å². The molecule has 0 bridgehead atoms. The van der Waals surface area contributed by atoms with Gasteiger partial charge in [0.15, 0.2) is 0 Å². The first-order valence-electron chi connectivity index (χ1n) is 11.3. The number of anilines is 2. The number of benzene rings is 2. The fourth-order valence-corrected chi connectivity index (χ4v) is 4.46. The molecule has 2 atom stereocenters. The van der Waals surface area contributed by atoms with Crippen LogP contribution in [0.15, 0.2) is 60.7 Å². The van der Waals surface area contributed by atoms with Gasteiger partial charge in [-0.05, 0) is 44.0 Å². The second-order valence-electron chi connectivity index (χ2n) is 8.62. The molecule has 7 heteroatoms. The molecule has 0 aromatic heterocycles. The Hall–Kier alpha value is -3.61. The highest BCUT2D eigenvalue weighted by atomic mass is 16.4. The monoisotopic (exact) mass is 446 g/mol. The third-order valence-corrected chi connectivity index (χ3v) is 6.45. The summed E-state index contributed by atoms with van der Waals surface area (Å²) >= 11 is 0. The number of rotatable bonds is 5. The Bertz CT molecular complexity index is 1060. The van der Waals surface area contributed by atoms with Gasteiger partial charge in [-0.2, -0.15) is 0 Å². The van der Waals surface area contributed by atoms with E-state index in [1.54, 1.807) is 35.2 Å². The fraction of sp³-hybridized carbons (Fsp3) is 0.346. The Morgan fingerprint density at radius 2 is 1.52 bits per heavy atom. The zero-order chi connectivity index (χ0) is 23.4. The predicted molar refractivity (Wildman–Crippen MR) is 125 cm³/mol. The van der Waals surface area contributed by atoms with Crippen LogP contribution in [-0.2, 0) is 9.59 Å². The number of para-hydroxylation sites is 1. The SMILES string of the molecule is Cc1ccc(N2CCN(C(=O)c3ccccc3NC(=O)[C@H]3CC=CC[C@@H]3C(=O)[O-])CC2)cc1. The Kier molecular flexibility index (Phi) is 6.77. The van der Waals surface area contributed by atoms with E-state index >= 15 is 0 Å². The molecule has 7 nitrogen and oxygen atoms in total. The van der Waals surface area contributed by atoms with Crippen LogP contribution < -0.4 is 15.3 Å². The number of carboxylic acids is 1. The van der Waals surface area contributed by atoms with Crippen molar-refractivity contribution in [2.24, 2.45) is 11.8 Å². The fourth-order valence-electron chi connectivity index (χ4n) is 4.46. The van der Waals surface area contributed by atoms with E-state index < -0.39 is 23.7 Å². The number of hydrogen-bond donors (Lipinski definition) is 1. The maximum atomic E-state index is 13.3. The topological polar surface area (TPSA) is 92.8 Å². The summed E-state index contributed by atoms with van der Waals surface area (Å²) in [5.74, 6) is -3.36. The van der Waals surface area contributed by atoms with Crippen LogP contribution in [0.3, 0.4) is 0 Å². The van der Waals surface area contributed by atoms with Gasteiger partial charge in [-0.15, -0.1) is 0 Å². The molecule has 0 radical (unpaired) electrons. The van der Waals surface area contributed by atoms with Crippen LogP contribution in [0.4, 0.5) is 11.4 Å². The summed E-state index contributed by atoms with van der Waals surface area (Å²) in [6.45, 7) is 4.67. The summed E-state index contributed by atoms with van der Waals surface area (Å²) in [6.07, 6.45) is 4.18. The summed E-state index contributed by atoms with van der Waals surface area (Å²) < 4.78 is 0. The standard InChI is InChI=1S/C26H29N3O4/c1-18-10-12-19(13-11-18)28-14-16-29(17-15-28)25(31)22-8-4-5-9-23(22)27-24(30)20-6-2-3-7-21(20)26(32)33/h2-5,8-13,20-21H,6-7,14-17H2,1H3,(H,27,30)(H,32,33)/p-1/t20-,21-/m0/s1. The molecular weight excluding hydrogens is 418 g/mol. The van der Waals surface area contributed by atoms with Crippen molar-refractivity contribution in [3.8, 4) is 0 Å². The Morgan fingerprint density at radius 1 is 0.879 bits per heavy atom. The van der Waals surface area contributed by atoms with E-state index in [2.05, 4.69) is 41.4 Å². The van der Waals surface area contributed by atoms with E-state index in [-0.39, 0.29) is 12.3 Å². The number of nitrogens with one attached hydrogen (secondary N) is 1. The number of piperazine rings is 1. The Balaban J connectivity index is 1.43. The minimum Gasteiger partial charge on any atom is -0.550 e. The highest BCUT2D eigenvalue weighted by Crippen LogP contribution is 2.28. The van der Waals surface area contributed by atoms with Gasteiger partial charge >= 0.3 is 0 Å². The molecule has 2 aromatic carbocycles. The van der Waals surface area contributed by atoms with Crippen molar-refractivity contribution in [3.05, 3.63) is 71.8 Å². The number of hydrogen-bond acceptors (Lipinski definition) is 5. The average Bonchev–Trinajstić information content (AvgIpc) is 2.84. The van der Waals surface area contributed by atoms with Gasteiger partial charge in [-0.3, -0.25) is 9.59 Å². The van der Waals surface area contributed by atoms with E-state index in [0.29, 0.717) is 30.8 Å². The van der Waals surface area contributed by atoms with Crippen molar-refractivity contribution in [2.75, 3.05) is 36.4 Å². The summed E-state index contributed by atoms with van der Waals surface area (Å²) in [7, 11) is 0. The second kappa shape index (κ2) is 9.90. The quantitative estimate of drug-likeness (QED) is 0.711. The first-order valence-corrected chi connectivity index (χ1v) is 11.3. The van der Waals surface area contributed by atoms with E-state index in [4.69, 9.17) is 0 Å². The smallest absolute Gasteiger partial charge is 0.256 e. The van der Waals surface area contributed by atoms with Crippen molar-refractivity contribution < 1.29 is 19.5 Å². The molecule has 172 valence electrons. The lowest BCUT2D eigenvalue weighted by Gasteiger charge is -2.36. The average molecular weight is 447 g/mol. The van der Waals surface area contributed by atoms with Gasteiger partial charge in [-0.25, -0.2) is 0 Å². The van der Waals surface area contributed by atoms with Crippen molar-refractivity contribution in [2.45, 2.75) is 19.8 Å². The van der Waals surface area contributed by atoms with E-state index in [0.717, 1.165) is 18.8 Å². The molecule has 0 saturated carbocycles.